The molecule has 1 unspecified atom stereocenters. The first-order valence-corrected chi connectivity index (χ1v) is 8.39. The van der Waals surface area contributed by atoms with Crippen LogP contribution in [0.15, 0.2) is 40.9 Å². The van der Waals surface area contributed by atoms with Crippen molar-refractivity contribution in [2.75, 3.05) is 6.61 Å². The number of esters is 1. The lowest BCUT2D eigenvalue weighted by molar-refractivity contribution is 0.0527. The highest BCUT2D eigenvalue weighted by molar-refractivity contribution is 6.05. The van der Waals surface area contributed by atoms with Crippen molar-refractivity contribution in [2.24, 2.45) is 0 Å². The van der Waals surface area contributed by atoms with Crippen LogP contribution in [0.2, 0.25) is 0 Å². The van der Waals surface area contributed by atoms with Gasteiger partial charge >= 0.3 is 5.97 Å². The second kappa shape index (κ2) is 7.87. The molecule has 0 aliphatic heterocycles. The SMILES string of the molecule is CCOC(=O)c1c(C#N)oc2ccc(OCc3cccnc3C(C)F)cc12. The molecule has 1 atom stereocenters. The number of carbonyl (C=O) groups is 1. The predicted octanol–water partition coefficient (Wildman–Crippen LogP) is 4.49. The molecule has 0 radical (unpaired) electrons. The van der Waals surface area contributed by atoms with Crippen molar-refractivity contribution in [1.29, 1.82) is 5.26 Å². The normalized spacial score (nSPS) is 11.8. The van der Waals surface area contributed by atoms with E-state index in [0.717, 1.165) is 0 Å². The summed E-state index contributed by atoms with van der Waals surface area (Å²) in [6, 6.07) is 10.2. The van der Waals surface area contributed by atoms with E-state index < -0.39 is 12.1 Å². The number of hydrogen-bond acceptors (Lipinski definition) is 6. The van der Waals surface area contributed by atoms with Gasteiger partial charge in [-0.15, -0.1) is 0 Å². The molecule has 3 aromatic rings. The molecule has 0 N–H and O–H groups in total. The highest BCUT2D eigenvalue weighted by Gasteiger charge is 2.22. The quantitative estimate of drug-likeness (QED) is 0.596. The van der Waals surface area contributed by atoms with E-state index in [2.05, 4.69) is 4.98 Å². The van der Waals surface area contributed by atoms with Gasteiger partial charge in [0.2, 0.25) is 5.76 Å². The molecule has 0 saturated heterocycles. The van der Waals surface area contributed by atoms with E-state index in [-0.39, 0.29) is 24.5 Å². The number of halogens is 1. The van der Waals surface area contributed by atoms with E-state index in [1.54, 1.807) is 37.3 Å². The van der Waals surface area contributed by atoms with Crippen LogP contribution in [0.3, 0.4) is 0 Å². The Hall–Kier alpha value is -3.40. The molecular weight excluding hydrogens is 351 g/mol. The van der Waals surface area contributed by atoms with Crippen molar-refractivity contribution in [3.63, 3.8) is 0 Å². The van der Waals surface area contributed by atoms with E-state index >= 15 is 0 Å². The number of ether oxygens (including phenoxy) is 2. The van der Waals surface area contributed by atoms with Crippen LogP contribution in [-0.4, -0.2) is 17.6 Å². The van der Waals surface area contributed by atoms with Crippen molar-refractivity contribution in [1.82, 2.24) is 4.98 Å². The molecule has 2 aromatic heterocycles. The Balaban J connectivity index is 1.92. The molecule has 7 heteroatoms. The molecule has 2 heterocycles. The number of pyridine rings is 1. The summed E-state index contributed by atoms with van der Waals surface area (Å²) in [7, 11) is 0. The van der Waals surface area contributed by atoms with Crippen LogP contribution in [0.25, 0.3) is 11.0 Å². The van der Waals surface area contributed by atoms with Gasteiger partial charge in [0.25, 0.3) is 0 Å². The first-order valence-electron chi connectivity index (χ1n) is 8.39. The number of nitriles is 1. The van der Waals surface area contributed by atoms with Crippen LogP contribution in [0.5, 0.6) is 5.75 Å². The van der Waals surface area contributed by atoms with Gasteiger partial charge in [0.05, 0.1) is 12.3 Å². The number of nitrogens with zero attached hydrogens (tertiary/aromatic N) is 2. The Kier molecular flexibility index (Phi) is 5.36. The summed E-state index contributed by atoms with van der Waals surface area (Å²) in [4.78, 5) is 16.2. The van der Waals surface area contributed by atoms with Crippen molar-refractivity contribution in [3.05, 3.63) is 59.1 Å². The standard InChI is InChI=1S/C20H17FN2O4/c1-3-25-20(24)18-15-9-14(6-7-16(15)27-17(18)10-22)26-11-13-5-4-8-23-19(13)12(2)21/h4-9,12H,3,11H2,1-2H3. The van der Waals surface area contributed by atoms with Gasteiger partial charge in [-0.1, -0.05) is 6.07 Å². The Morgan fingerprint density at radius 1 is 1.41 bits per heavy atom. The van der Waals surface area contributed by atoms with E-state index in [0.29, 0.717) is 28.0 Å². The number of rotatable bonds is 6. The second-order valence-corrected chi connectivity index (χ2v) is 5.75. The zero-order chi connectivity index (χ0) is 19.4. The Labute approximate surface area is 155 Å². The van der Waals surface area contributed by atoms with Gasteiger partial charge in [-0.3, -0.25) is 4.98 Å². The molecule has 27 heavy (non-hydrogen) atoms. The fourth-order valence-corrected chi connectivity index (χ4v) is 2.74. The maximum atomic E-state index is 13.7. The van der Waals surface area contributed by atoms with Crippen LogP contribution >= 0.6 is 0 Å². The molecular formula is C20H17FN2O4. The summed E-state index contributed by atoms with van der Waals surface area (Å²) in [6.45, 7) is 3.38. The summed E-state index contributed by atoms with van der Waals surface area (Å²) in [5.41, 5.74) is 1.39. The zero-order valence-electron chi connectivity index (χ0n) is 14.9. The van der Waals surface area contributed by atoms with Gasteiger partial charge in [0.15, 0.2) is 0 Å². The first-order chi connectivity index (χ1) is 13.0. The fraction of sp³-hybridized carbons (Fsp3) is 0.250. The molecule has 0 spiro atoms. The lowest BCUT2D eigenvalue weighted by Gasteiger charge is -2.11. The molecule has 0 amide bonds. The van der Waals surface area contributed by atoms with Crippen LogP contribution < -0.4 is 4.74 Å². The minimum atomic E-state index is -1.21. The highest BCUT2D eigenvalue weighted by Crippen LogP contribution is 2.30. The Morgan fingerprint density at radius 3 is 2.93 bits per heavy atom. The highest BCUT2D eigenvalue weighted by atomic mass is 19.1. The van der Waals surface area contributed by atoms with Gasteiger partial charge in [-0.05, 0) is 38.1 Å². The lowest BCUT2D eigenvalue weighted by atomic mass is 10.1. The Morgan fingerprint density at radius 2 is 2.22 bits per heavy atom. The number of carbonyl (C=O) groups excluding carboxylic acids is 1. The summed E-state index contributed by atoms with van der Waals surface area (Å²) in [6.07, 6.45) is 0.316. The number of furan rings is 1. The van der Waals surface area contributed by atoms with Crippen molar-refractivity contribution < 1.29 is 23.1 Å². The smallest absolute Gasteiger partial charge is 0.343 e. The van der Waals surface area contributed by atoms with Crippen molar-refractivity contribution in [3.8, 4) is 11.8 Å². The number of fused-ring (bicyclic) bond motifs is 1. The molecule has 0 saturated carbocycles. The van der Waals surface area contributed by atoms with E-state index in [9.17, 15) is 14.4 Å². The third kappa shape index (κ3) is 3.75. The van der Waals surface area contributed by atoms with Crippen LogP contribution in [0.4, 0.5) is 4.39 Å². The van der Waals surface area contributed by atoms with Crippen molar-refractivity contribution in [2.45, 2.75) is 26.6 Å². The van der Waals surface area contributed by atoms with E-state index in [4.69, 9.17) is 13.9 Å². The second-order valence-electron chi connectivity index (χ2n) is 5.75. The molecule has 0 aliphatic rings. The van der Waals surface area contributed by atoms with Gasteiger partial charge in [-0.2, -0.15) is 5.26 Å². The maximum Gasteiger partial charge on any atom is 0.343 e. The summed E-state index contributed by atoms with van der Waals surface area (Å²) in [5.74, 6) is -0.299. The van der Waals surface area contributed by atoms with E-state index in [1.165, 1.54) is 13.1 Å². The average molecular weight is 368 g/mol. The fourth-order valence-electron chi connectivity index (χ4n) is 2.74. The molecule has 0 bridgehead atoms. The topological polar surface area (TPSA) is 85.4 Å². The minimum Gasteiger partial charge on any atom is -0.489 e. The molecule has 6 nitrogen and oxygen atoms in total. The molecule has 1 aromatic carbocycles. The monoisotopic (exact) mass is 368 g/mol. The van der Waals surface area contributed by atoms with Crippen LogP contribution in [0.1, 0.15) is 47.4 Å². The van der Waals surface area contributed by atoms with Crippen molar-refractivity contribution >= 4 is 16.9 Å². The number of benzene rings is 1. The van der Waals surface area contributed by atoms with Gasteiger partial charge < -0.3 is 13.9 Å². The summed E-state index contributed by atoms with van der Waals surface area (Å²) < 4.78 is 29.8. The van der Waals surface area contributed by atoms with Gasteiger partial charge in [0, 0.05) is 17.1 Å². The number of hydrogen-bond donors (Lipinski definition) is 0. The van der Waals surface area contributed by atoms with Crippen LogP contribution in [0, 0.1) is 11.3 Å². The number of aromatic nitrogens is 1. The largest absolute Gasteiger partial charge is 0.489 e. The molecule has 0 aliphatic carbocycles. The lowest BCUT2D eigenvalue weighted by Crippen LogP contribution is -2.06. The van der Waals surface area contributed by atoms with Gasteiger partial charge in [-0.25, -0.2) is 9.18 Å². The predicted molar refractivity (Wildman–Crippen MR) is 95.0 cm³/mol. The maximum absolute atomic E-state index is 13.7. The number of alkyl halides is 1. The molecule has 0 fully saturated rings. The van der Waals surface area contributed by atoms with Crippen LogP contribution in [-0.2, 0) is 11.3 Å². The third-order valence-corrected chi connectivity index (χ3v) is 3.94. The molecule has 138 valence electrons. The third-order valence-electron chi connectivity index (χ3n) is 3.94. The first kappa shape index (κ1) is 18.4. The molecule has 3 rings (SSSR count). The van der Waals surface area contributed by atoms with Gasteiger partial charge in [0.1, 0.15) is 35.7 Å². The summed E-state index contributed by atoms with van der Waals surface area (Å²) >= 11 is 0. The average Bonchev–Trinajstić information content (AvgIpc) is 3.04. The minimum absolute atomic E-state index is 0.0687. The Bertz CT molecular complexity index is 1020. The zero-order valence-corrected chi connectivity index (χ0v) is 14.9. The summed E-state index contributed by atoms with van der Waals surface area (Å²) in [5, 5.41) is 9.64. The van der Waals surface area contributed by atoms with E-state index in [1.807, 2.05) is 6.07 Å².